The van der Waals surface area contributed by atoms with E-state index in [4.69, 9.17) is 0 Å². The van der Waals surface area contributed by atoms with Crippen LogP contribution in [-0.4, -0.2) is 20.5 Å². The smallest absolute Gasteiger partial charge is 0.355 e. The molecule has 22 heavy (non-hydrogen) atoms. The van der Waals surface area contributed by atoms with Crippen LogP contribution in [0.1, 0.15) is 28.5 Å². The Kier molecular flexibility index (Phi) is 3.74. The lowest BCUT2D eigenvalue weighted by Crippen LogP contribution is -2.04. The normalized spacial score (nSPS) is 11.0. The van der Waals surface area contributed by atoms with Crippen LogP contribution in [0.25, 0.3) is 16.9 Å². The molecule has 0 atom stereocenters. The zero-order chi connectivity index (χ0) is 15.9. The first-order chi connectivity index (χ1) is 10.5. The summed E-state index contributed by atoms with van der Waals surface area (Å²) in [6.07, 6.45) is 2.70. The van der Waals surface area contributed by atoms with Crippen molar-refractivity contribution in [3.8, 4) is 11.3 Å². The molecule has 3 rings (SSSR count). The summed E-state index contributed by atoms with van der Waals surface area (Å²) in [7, 11) is 0. The van der Waals surface area contributed by atoms with Gasteiger partial charge >= 0.3 is 5.97 Å². The molecule has 0 amide bonds. The second-order valence-corrected chi connectivity index (χ2v) is 6.05. The number of hydrogen-bond acceptors (Lipinski definition) is 2. The van der Waals surface area contributed by atoms with Gasteiger partial charge in [0, 0.05) is 16.2 Å². The monoisotopic (exact) mass is 358 g/mol. The topological polar surface area (TPSA) is 54.6 Å². The van der Waals surface area contributed by atoms with Gasteiger partial charge in [-0.25, -0.2) is 9.78 Å². The molecular weight excluding hydrogens is 344 g/mol. The largest absolute Gasteiger partial charge is 0.476 e. The van der Waals surface area contributed by atoms with Crippen molar-refractivity contribution in [2.24, 2.45) is 0 Å². The van der Waals surface area contributed by atoms with E-state index in [0.29, 0.717) is 11.3 Å². The van der Waals surface area contributed by atoms with Gasteiger partial charge in [0.25, 0.3) is 0 Å². The van der Waals surface area contributed by atoms with E-state index in [2.05, 4.69) is 27.8 Å². The summed E-state index contributed by atoms with van der Waals surface area (Å²) in [5.74, 6) is -0.988. The van der Waals surface area contributed by atoms with E-state index in [1.54, 1.807) is 10.6 Å². The summed E-state index contributed by atoms with van der Waals surface area (Å²) in [5.41, 5.74) is 4.35. The van der Waals surface area contributed by atoms with Crippen LogP contribution in [-0.2, 0) is 6.42 Å². The molecule has 0 saturated carbocycles. The Morgan fingerprint density at radius 1 is 1.32 bits per heavy atom. The van der Waals surface area contributed by atoms with E-state index in [0.717, 1.165) is 22.0 Å². The van der Waals surface area contributed by atoms with E-state index >= 15 is 0 Å². The van der Waals surface area contributed by atoms with Crippen molar-refractivity contribution >= 4 is 27.5 Å². The molecule has 0 unspecified atom stereocenters. The summed E-state index contributed by atoms with van der Waals surface area (Å²) in [5, 5.41) is 9.60. The van der Waals surface area contributed by atoms with Crippen molar-refractivity contribution in [3.05, 3.63) is 57.8 Å². The fourth-order valence-corrected chi connectivity index (χ4v) is 2.78. The minimum absolute atomic E-state index is 0.181. The molecule has 5 heteroatoms. The molecule has 3 aromatic rings. The van der Waals surface area contributed by atoms with Crippen LogP contribution in [0.5, 0.6) is 0 Å². The molecule has 4 nitrogen and oxygen atoms in total. The summed E-state index contributed by atoms with van der Waals surface area (Å²) in [6.45, 7) is 4.04. The van der Waals surface area contributed by atoms with Gasteiger partial charge in [-0.2, -0.15) is 0 Å². The quantitative estimate of drug-likeness (QED) is 0.757. The number of aryl methyl sites for hydroxylation is 2. The molecule has 1 aromatic carbocycles. The lowest BCUT2D eigenvalue weighted by Gasteiger charge is -2.03. The number of rotatable bonds is 3. The van der Waals surface area contributed by atoms with Crippen LogP contribution in [0.2, 0.25) is 0 Å². The van der Waals surface area contributed by atoms with Crippen molar-refractivity contribution in [3.63, 3.8) is 0 Å². The minimum atomic E-state index is -0.988. The Morgan fingerprint density at radius 2 is 2.00 bits per heavy atom. The molecule has 0 fully saturated rings. The molecule has 0 saturated heterocycles. The van der Waals surface area contributed by atoms with Gasteiger partial charge in [-0.3, -0.25) is 4.40 Å². The highest BCUT2D eigenvalue weighted by Gasteiger charge is 2.20. The SMILES string of the molecule is CCc1ccc(-c2nc3cc(C)c(Br)cn3c2C(=O)O)cc1. The van der Waals surface area contributed by atoms with Gasteiger partial charge in [-0.15, -0.1) is 0 Å². The van der Waals surface area contributed by atoms with E-state index in [1.165, 1.54) is 5.56 Å². The van der Waals surface area contributed by atoms with Crippen molar-refractivity contribution in [1.29, 1.82) is 0 Å². The number of fused-ring (bicyclic) bond motifs is 1. The van der Waals surface area contributed by atoms with Gasteiger partial charge in [0.1, 0.15) is 11.3 Å². The Hall–Kier alpha value is -2.14. The van der Waals surface area contributed by atoms with Crippen LogP contribution in [0.3, 0.4) is 0 Å². The fourth-order valence-electron chi connectivity index (χ4n) is 2.46. The number of carboxylic acid groups (broad SMARTS) is 1. The molecule has 0 radical (unpaired) electrons. The highest BCUT2D eigenvalue weighted by Crippen LogP contribution is 2.27. The molecule has 0 spiro atoms. The molecule has 2 heterocycles. The lowest BCUT2D eigenvalue weighted by molar-refractivity contribution is 0.0690. The first kappa shape index (κ1) is 14.8. The van der Waals surface area contributed by atoms with Crippen LogP contribution in [0.15, 0.2) is 41.0 Å². The number of aromatic carboxylic acids is 1. The first-order valence-corrected chi connectivity index (χ1v) is 7.81. The maximum atomic E-state index is 11.7. The average Bonchev–Trinajstić information content (AvgIpc) is 2.86. The van der Waals surface area contributed by atoms with Gasteiger partial charge in [0.05, 0.1) is 0 Å². The van der Waals surface area contributed by atoms with Crippen molar-refractivity contribution in [2.45, 2.75) is 20.3 Å². The van der Waals surface area contributed by atoms with Crippen LogP contribution < -0.4 is 0 Å². The minimum Gasteiger partial charge on any atom is -0.476 e. The molecule has 0 aliphatic rings. The van der Waals surface area contributed by atoms with E-state index in [9.17, 15) is 9.90 Å². The molecular formula is C17H15BrN2O2. The Morgan fingerprint density at radius 3 is 2.59 bits per heavy atom. The van der Waals surface area contributed by atoms with E-state index < -0.39 is 5.97 Å². The van der Waals surface area contributed by atoms with Gasteiger partial charge in [-0.1, -0.05) is 31.2 Å². The summed E-state index contributed by atoms with van der Waals surface area (Å²) in [6, 6.07) is 9.74. The zero-order valence-corrected chi connectivity index (χ0v) is 13.9. The summed E-state index contributed by atoms with van der Waals surface area (Å²) in [4.78, 5) is 16.2. The van der Waals surface area contributed by atoms with E-state index in [1.807, 2.05) is 37.3 Å². The van der Waals surface area contributed by atoms with Crippen molar-refractivity contribution < 1.29 is 9.90 Å². The van der Waals surface area contributed by atoms with Gasteiger partial charge in [0.15, 0.2) is 5.69 Å². The number of halogens is 1. The van der Waals surface area contributed by atoms with Gasteiger partial charge < -0.3 is 5.11 Å². The number of carboxylic acids is 1. The molecule has 0 aliphatic heterocycles. The highest BCUT2D eigenvalue weighted by atomic mass is 79.9. The van der Waals surface area contributed by atoms with Crippen LogP contribution >= 0.6 is 15.9 Å². The third-order valence-corrected chi connectivity index (χ3v) is 4.57. The average molecular weight is 359 g/mol. The number of benzene rings is 1. The Labute approximate surface area is 136 Å². The summed E-state index contributed by atoms with van der Waals surface area (Å²) < 4.78 is 2.47. The van der Waals surface area contributed by atoms with Crippen molar-refractivity contribution in [1.82, 2.24) is 9.38 Å². The van der Waals surface area contributed by atoms with Gasteiger partial charge in [0.2, 0.25) is 0 Å². The first-order valence-electron chi connectivity index (χ1n) is 7.02. The maximum Gasteiger partial charge on any atom is 0.355 e. The summed E-state index contributed by atoms with van der Waals surface area (Å²) >= 11 is 3.44. The molecule has 112 valence electrons. The number of pyridine rings is 1. The number of imidazole rings is 1. The molecule has 1 N–H and O–H groups in total. The predicted molar refractivity (Wildman–Crippen MR) is 89.4 cm³/mol. The highest BCUT2D eigenvalue weighted by molar-refractivity contribution is 9.10. The lowest BCUT2D eigenvalue weighted by atomic mass is 10.1. The van der Waals surface area contributed by atoms with Crippen LogP contribution in [0, 0.1) is 6.92 Å². The zero-order valence-electron chi connectivity index (χ0n) is 12.3. The molecule has 0 aliphatic carbocycles. The number of carbonyl (C=O) groups is 1. The molecule has 0 bridgehead atoms. The fraction of sp³-hybridized carbons (Fsp3) is 0.176. The number of aromatic nitrogens is 2. The third-order valence-electron chi connectivity index (χ3n) is 3.74. The maximum absolute atomic E-state index is 11.7. The Balaban J connectivity index is 2.27. The Bertz CT molecular complexity index is 866. The van der Waals surface area contributed by atoms with Crippen molar-refractivity contribution in [2.75, 3.05) is 0 Å². The molecule has 2 aromatic heterocycles. The number of nitrogens with zero attached hydrogens (tertiary/aromatic N) is 2. The van der Waals surface area contributed by atoms with Crippen LogP contribution in [0.4, 0.5) is 0 Å². The second kappa shape index (κ2) is 5.57. The predicted octanol–water partition coefficient (Wildman–Crippen LogP) is 4.33. The number of hydrogen-bond donors (Lipinski definition) is 1. The standard InChI is InChI=1S/C17H15BrN2O2/c1-3-11-4-6-12(7-5-11)15-16(17(21)22)20-9-13(18)10(2)8-14(20)19-15/h4-9H,3H2,1-2H3,(H,21,22). The third kappa shape index (κ3) is 2.41. The second-order valence-electron chi connectivity index (χ2n) is 5.20. The van der Waals surface area contributed by atoms with E-state index in [-0.39, 0.29) is 5.69 Å². The van der Waals surface area contributed by atoms with Gasteiger partial charge in [-0.05, 0) is 46.5 Å².